The second-order valence-electron chi connectivity index (χ2n) is 5.28. The maximum atomic E-state index is 13.2. The van der Waals surface area contributed by atoms with Crippen LogP contribution < -0.4 is 5.32 Å². The molecule has 0 bridgehead atoms. The van der Waals surface area contributed by atoms with Gasteiger partial charge in [-0.3, -0.25) is 0 Å². The number of nitrogens with one attached hydrogen (secondary N) is 1. The van der Waals surface area contributed by atoms with Gasteiger partial charge in [-0.1, -0.05) is 13.0 Å². The molecule has 0 amide bonds. The summed E-state index contributed by atoms with van der Waals surface area (Å²) in [4.78, 5) is 0. The molecule has 20 heavy (non-hydrogen) atoms. The van der Waals surface area contributed by atoms with Gasteiger partial charge in [0.15, 0.2) is 0 Å². The Morgan fingerprint density at radius 2 is 2.05 bits per heavy atom. The third-order valence-corrected chi connectivity index (χ3v) is 4.29. The second-order valence-corrected chi connectivity index (χ2v) is 7.54. The molecule has 0 aromatic heterocycles. The van der Waals surface area contributed by atoms with Gasteiger partial charge in [0.2, 0.25) is 0 Å². The highest BCUT2D eigenvalue weighted by Crippen LogP contribution is 2.23. The first-order valence-corrected chi connectivity index (χ1v) is 9.06. The average molecular weight is 301 g/mol. The standard InChI is InChI=1S/C15H24FNO2S/c1-4-9-17-15(6-5-10-20(3,18)19)14-8-7-13(16)11-12(14)2/h7-8,11,15,17H,4-6,9-10H2,1-3H3. The first kappa shape index (κ1) is 17.1. The lowest BCUT2D eigenvalue weighted by Crippen LogP contribution is -2.23. The molecule has 0 saturated carbocycles. The van der Waals surface area contributed by atoms with Crippen molar-refractivity contribution < 1.29 is 12.8 Å². The lowest BCUT2D eigenvalue weighted by Gasteiger charge is -2.21. The maximum Gasteiger partial charge on any atom is 0.147 e. The van der Waals surface area contributed by atoms with E-state index in [9.17, 15) is 12.8 Å². The van der Waals surface area contributed by atoms with Crippen molar-refractivity contribution >= 4 is 9.84 Å². The molecule has 1 rings (SSSR count). The SMILES string of the molecule is CCCNC(CCCS(C)(=O)=O)c1ccc(F)cc1C. The number of benzene rings is 1. The van der Waals surface area contributed by atoms with Gasteiger partial charge in [-0.25, -0.2) is 12.8 Å². The molecule has 1 aromatic rings. The number of hydrogen-bond donors (Lipinski definition) is 1. The normalized spacial score (nSPS) is 13.4. The molecular weight excluding hydrogens is 277 g/mol. The third kappa shape index (κ3) is 6.01. The summed E-state index contributed by atoms with van der Waals surface area (Å²) in [5, 5.41) is 3.41. The van der Waals surface area contributed by atoms with E-state index in [1.165, 1.54) is 18.4 Å². The van der Waals surface area contributed by atoms with E-state index < -0.39 is 9.84 Å². The van der Waals surface area contributed by atoms with Crippen molar-refractivity contribution in [3.05, 3.63) is 35.1 Å². The van der Waals surface area contributed by atoms with Gasteiger partial charge in [-0.05, 0) is 56.0 Å². The highest BCUT2D eigenvalue weighted by atomic mass is 32.2. The molecule has 1 atom stereocenters. The van der Waals surface area contributed by atoms with Gasteiger partial charge in [0.05, 0.1) is 0 Å². The van der Waals surface area contributed by atoms with Crippen molar-refractivity contribution in [1.82, 2.24) is 5.32 Å². The Bertz CT molecular complexity index is 529. The van der Waals surface area contributed by atoms with Crippen molar-refractivity contribution in [2.24, 2.45) is 0 Å². The molecular formula is C15H24FNO2S. The summed E-state index contributed by atoms with van der Waals surface area (Å²) in [5.41, 5.74) is 1.95. The van der Waals surface area contributed by atoms with Crippen molar-refractivity contribution in [1.29, 1.82) is 0 Å². The van der Waals surface area contributed by atoms with Crippen molar-refractivity contribution in [2.45, 2.75) is 39.2 Å². The van der Waals surface area contributed by atoms with Crippen LogP contribution in [0.15, 0.2) is 18.2 Å². The van der Waals surface area contributed by atoms with E-state index in [2.05, 4.69) is 12.2 Å². The molecule has 1 aromatic carbocycles. The number of hydrogen-bond acceptors (Lipinski definition) is 3. The summed E-state index contributed by atoms with van der Waals surface area (Å²) < 4.78 is 35.6. The van der Waals surface area contributed by atoms with Crippen molar-refractivity contribution in [3.63, 3.8) is 0 Å². The smallest absolute Gasteiger partial charge is 0.147 e. The van der Waals surface area contributed by atoms with Crippen LogP contribution in [0.25, 0.3) is 0 Å². The fraction of sp³-hybridized carbons (Fsp3) is 0.600. The number of aryl methyl sites for hydroxylation is 1. The molecule has 1 unspecified atom stereocenters. The van der Waals surface area contributed by atoms with Crippen LogP contribution in [-0.4, -0.2) is 27.0 Å². The highest BCUT2D eigenvalue weighted by molar-refractivity contribution is 7.90. The number of halogens is 1. The summed E-state index contributed by atoms with van der Waals surface area (Å²) in [6, 6.07) is 4.85. The molecule has 0 heterocycles. The van der Waals surface area contributed by atoms with Gasteiger partial charge >= 0.3 is 0 Å². The van der Waals surface area contributed by atoms with Gasteiger partial charge in [0.1, 0.15) is 15.7 Å². The van der Waals surface area contributed by atoms with E-state index >= 15 is 0 Å². The first-order valence-electron chi connectivity index (χ1n) is 7.00. The second kappa shape index (κ2) is 7.74. The zero-order valence-electron chi connectivity index (χ0n) is 12.4. The van der Waals surface area contributed by atoms with Crippen molar-refractivity contribution in [3.8, 4) is 0 Å². The summed E-state index contributed by atoms with van der Waals surface area (Å²) in [6.45, 7) is 4.83. The largest absolute Gasteiger partial charge is 0.310 e. The van der Waals surface area contributed by atoms with Crippen LogP contribution in [0.2, 0.25) is 0 Å². The molecule has 114 valence electrons. The van der Waals surface area contributed by atoms with Crippen LogP contribution in [0.4, 0.5) is 4.39 Å². The van der Waals surface area contributed by atoms with Gasteiger partial charge in [-0.15, -0.1) is 0 Å². The van der Waals surface area contributed by atoms with E-state index in [1.54, 1.807) is 6.07 Å². The Balaban J connectivity index is 2.77. The monoisotopic (exact) mass is 301 g/mol. The minimum absolute atomic E-state index is 0.0808. The third-order valence-electron chi connectivity index (χ3n) is 3.26. The topological polar surface area (TPSA) is 46.2 Å². The molecule has 0 fully saturated rings. The number of rotatable bonds is 8. The molecule has 0 aliphatic heterocycles. The molecule has 1 N–H and O–H groups in total. The van der Waals surface area contributed by atoms with Gasteiger partial charge in [0, 0.05) is 18.1 Å². The highest BCUT2D eigenvalue weighted by Gasteiger charge is 2.14. The predicted octanol–water partition coefficient (Wildman–Crippen LogP) is 3.00. The Hall–Kier alpha value is -0.940. The quantitative estimate of drug-likeness (QED) is 0.803. The molecule has 0 aliphatic carbocycles. The molecule has 0 aliphatic rings. The lowest BCUT2D eigenvalue weighted by atomic mass is 9.97. The van der Waals surface area contributed by atoms with Crippen molar-refractivity contribution in [2.75, 3.05) is 18.6 Å². The maximum absolute atomic E-state index is 13.2. The summed E-state index contributed by atoms with van der Waals surface area (Å²) in [6.07, 6.45) is 3.60. The predicted molar refractivity (Wildman–Crippen MR) is 81.1 cm³/mol. The van der Waals surface area contributed by atoms with Crippen LogP contribution in [-0.2, 0) is 9.84 Å². The van der Waals surface area contributed by atoms with Gasteiger partial charge < -0.3 is 5.32 Å². The zero-order chi connectivity index (χ0) is 15.2. The Kier molecular flexibility index (Phi) is 6.62. The van der Waals surface area contributed by atoms with E-state index in [4.69, 9.17) is 0 Å². The Labute approximate surface area is 121 Å². The fourth-order valence-corrected chi connectivity index (χ4v) is 2.96. The van der Waals surface area contributed by atoms with Crippen LogP contribution in [0.5, 0.6) is 0 Å². The van der Waals surface area contributed by atoms with E-state index in [-0.39, 0.29) is 17.6 Å². The lowest BCUT2D eigenvalue weighted by molar-refractivity contribution is 0.489. The minimum atomic E-state index is -2.93. The average Bonchev–Trinajstić information content (AvgIpc) is 2.33. The van der Waals surface area contributed by atoms with E-state index in [1.807, 2.05) is 6.92 Å². The minimum Gasteiger partial charge on any atom is -0.310 e. The molecule has 0 saturated heterocycles. The summed E-state index contributed by atoms with van der Waals surface area (Å²) >= 11 is 0. The zero-order valence-corrected chi connectivity index (χ0v) is 13.3. The van der Waals surface area contributed by atoms with Gasteiger partial charge in [-0.2, -0.15) is 0 Å². The molecule has 0 radical (unpaired) electrons. The summed E-state index contributed by atoms with van der Waals surface area (Å²) in [7, 11) is -2.93. The molecule has 0 spiro atoms. The number of sulfone groups is 1. The van der Waals surface area contributed by atoms with E-state index in [0.29, 0.717) is 6.42 Å². The Morgan fingerprint density at radius 3 is 2.60 bits per heavy atom. The van der Waals surface area contributed by atoms with Crippen LogP contribution >= 0.6 is 0 Å². The molecule has 5 heteroatoms. The van der Waals surface area contributed by atoms with Crippen LogP contribution in [0.1, 0.15) is 43.4 Å². The first-order chi connectivity index (χ1) is 9.33. The summed E-state index contributed by atoms with van der Waals surface area (Å²) in [5.74, 6) is -0.0472. The fourth-order valence-electron chi connectivity index (χ4n) is 2.27. The van der Waals surface area contributed by atoms with Crippen LogP contribution in [0.3, 0.4) is 0 Å². The van der Waals surface area contributed by atoms with E-state index in [0.717, 1.165) is 30.5 Å². The molecule has 3 nitrogen and oxygen atoms in total. The Morgan fingerprint density at radius 1 is 1.35 bits per heavy atom. The van der Waals surface area contributed by atoms with Crippen LogP contribution in [0, 0.1) is 12.7 Å². The van der Waals surface area contributed by atoms with Gasteiger partial charge in [0.25, 0.3) is 0 Å².